The summed E-state index contributed by atoms with van der Waals surface area (Å²) in [6.07, 6.45) is 0.682. The van der Waals surface area contributed by atoms with Crippen LogP contribution in [0.2, 0.25) is 0 Å². The number of carbonyl (C=O) groups excluding carboxylic acids is 1. The lowest BCUT2D eigenvalue weighted by molar-refractivity contribution is -0.389. The molecule has 8 nitrogen and oxygen atoms in total. The summed E-state index contributed by atoms with van der Waals surface area (Å²) in [5.41, 5.74) is 1.51. The van der Waals surface area contributed by atoms with Gasteiger partial charge in [0.1, 0.15) is 12.3 Å². The van der Waals surface area contributed by atoms with Gasteiger partial charge in [0.15, 0.2) is 0 Å². The second-order valence-electron chi connectivity index (χ2n) is 5.35. The number of hydrogen-bond donors (Lipinski definition) is 1. The molecule has 0 aliphatic carbocycles. The summed E-state index contributed by atoms with van der Waals surface area (Å²) in [6, 6.07) is 8.79. The molecule has 0 radical (unpaired) electrons. The highest BCUT2D eigenvalue weighted by Crippen LogP contribution is 2.31. The second-order valence-corrected chi connectivity index (χ2v) is 5.35. The predicted molar refractivity (Wildman–Crippen MR) is 81.1 cm³/mol. The van der Waals surface area contributed by atoms with Crippen LogP contribution in [0.15, 0.2) is 30.3 Å². The summed E-state index contributed by atoms with van der Waals surface area (Å²) in [5.74, 6) is 0.273. The van der Waals surface area contributed by atoms with Gasteiger partial charge in [0.2, 0.25) is 5.91 Å². The molecule has 1 aromatic heterocycles. The fourth-order valence-electron chi connectivity index (χ4n) is 2.61. The molecule has 2 heterocycles. The number of nitrogens with one attached hydrogen (secondary N) is 1. The first-order valence-corrected chi connectivity index (χ1v) is 7.24. The smallest absolute Gasteiger partial charge is 0.390 e. The Kier molecular flexibility index (Phi) is 3.96. The molecule has 0 fully saturated rings. The Balaban J connectivity index is 1.70. The molecule has 1 atom stereocenters. The van der Waals surface area contributed by atoms with E-state index >= 15 is 0 Å². The molecule has 23 heavy (non-hydrogen) atoms. The number of rotatable bonds is 4. The van der Waals surface area contributed by atoms with E-state index in [2.05, 4.69) is 10.4 Å². The summed E-state index contributed by atoms with van der Waals surface area (Å²) in [7, 11) is 0. The van der Waals surface area contributed by atoms with Crippen LogP contribution in [-0.2, 0) is 11.3 Å². The number of nitro groups is 1. The van der Waals surface area contributed by atoms with E-state index in [1.165, 1.54) is 10.7 Å². The first kappa shape index (κ1) is 15.0. The number of para-hydroxylation sites is 1. The van der Waals surface area contributed by atoms with Crippen LogP contribution in [0.1, 0.15) is 23.7 Å². The van der Waals surface area contributed by atoms with Crippen molar-refractivity contribution in [3.63, 3.8) is 0 Å². The van der Waals surface area contributed by atoms with Crippen LogP contribution in [0.3, 0.4) is 0 Å². The quantitative estimate of drug-likeness (QED) is 0.684. The molecule has 120 valence electrons. The molecule has 0 saturated heterocycles. The van der Waals surface area contributed by atoms with Crippen molar-refractivity contribution in [2.24, 2.45) is 0 Å². The van der Waals surface area contributed by atoms with E-state index in [1.54, 1.807) is 6.92 Å². The number of amides is 1. The van der Waals surface area contributed by atoms with Gasteiger partial charge in [0.25, 0.3) is 0 Å². The van der Waals surface area contributed by atoms with E-state index in [0.29, 0.717) is 18.7 Å². The van der Waals surface area contributed by atoms with Gasteiger partial charge < -0.3 is 20.2 Å². The molecule has 1 aliphatic rings. The summed E-state index contributed by atoms with van der Waals surface area (Å²) < 4.78 is 6.89. The molecular formula is C15H16N4O4. The van der Waals surface area contributed by atoms with Crippen molar-refractivity contribution in [1.29, 1.82) is 0 Å². The third kappa shape index (κ3) is 3.15. The average molecular weight is 316 g/mol. The van der Waals surface area contributed by atoms with Gasteiger partial charge in [-0.15, -0.1) is 0 Å². The predicted octanol–water partition coefficient (Wildman–Crippen LogP) is 1.74. The fourth-order valence-corrected chi connectivity index (χ4v) is 2.61. The second kappa shape index (κ2) is 6.07. The normalized spacial score (nSPS) is 16.3. The molecule has 8 heteroatoms. The van der Waals surface area contributed by atoms with Crippen molar-refractivity contribution in [3.05, 3.63) is 51.7 Å². The van der Waals surface area contributed by atoms with E-state index in [1.807, 2.05) is 24.3 Å². The maximum absolute atomic E-state index is 12.2. The zero-order chi connectivity index (χ0) is 16.4. The van der Waals surface area contributed by atoms with Gasteiger partial charge >= 0.3 is 5.82 Å². The molecule has 1 amide bonds. The molecule has 0 bridgehead atoms. The van der Waals surface area contributed by atoms with Crippen LogP contribution in [-0.4, -0.2) is 27.2 Å². The number of nitrogens with zero attached hydrogens (tertiary/aromatic N) is 3. The number of carbonyl (C=O) groups is 1. The van der Waals surface area contributed by atoms with Crippen molar-refractivity contribution in [2.75, 3.05) is 6.61 Å². The third-order valence-corrected chi connectivity index (χ3v) is 3.74. The highest BCUT2D eigenvalue weighted by Gasteiger charge is 2.24. The van der Waals surface area contributed by atoms with Crippen LogP contribution < -0.4 is 10.1 Å². The molecule has 0 spiro atoms. The summed E-state index contributed by atoms with van der Waals surface area (Å²) in [5, 5.41) is 17.5. The molecule has 3 rings (SSSR count). The van der Waals surface area contributed by atoms with E-state index < -0.39 is 4.92 Å². The maximum atomic E-state index is 12.2. The Hall–Kier alpha value is -2.90. The van der Waals surface area contributed by atoms with Gasteiger partial charge in [0, 0.05) is 12.0 Å². The van der Waals surface area contributed by atoms with Gasteiger partial charge in [-0.1, -0.05) is 18.2 Å². The highest BCUT2D eigenvalue weighted by atomic mass is 16.6. The minimum atomic E-state index is -0.573. The summed E-state index contributed by atoms with van der Waals surface area (Å²) in [6.45, 7) is 2.16. The van der Waals surface area contributed by atoms with Crippen molar-refractivity contribution < 1.29 is 14.5 Å². The van der Waals surface area contributed by atoms with Gasteiger partial charge in [-0.3, -0.25) is 4.79 Å². The van der Waals surface area contributed by atoms with Crippen LogP contribution >= 0.6 is 0 Å². The topological polar surface area (TPSA) is 99.3 Å². The Labute approximate surface area is 132 Å². The van der Waals surface area contributed by atoms with Gasteiger partial charge in [-0.25, -0.2) is 0 Å². The number of aryl methyl sites for hydroxylation is 1. The average Bonchev–Trinajstić information content (AvgIpc) is 2.89. The SMILES string of the molecule is Cc1cc([N+](=O)[O-])nn1CC(=O)N[C@H]1CCOc2ccccc21. The van der Waals surface area contributed by atoms with Crippen molar-refractivity contribution in [3.8, 4) is 5.75 Å². The number of benzene rings is 1. The fraction of sp³-hybridized carbons (Fsp3) is 0.333. The molecular weight excluding hydrogens is 300 g/mol. The lowest BCUT2D eigenvalue weighted by Gasteiger charge is -2.26. The van der Waals surface area contributed by atoms with Crippen LogP contribution in [0, 0.1) is 17.0 Å². The first-order chi connectivity index (χ1) is 11.0. The number of fused-ring (bicyclic) bond motifs is 1. The van der Waals surface area contributed by atoms with Crippen molar-refractivity contribution in [2.45, 2.75) is 25.9 Å². The van der Waals surface area contributed by atoms with Gasteiger partial charge in [-0.2, -0.15) is 4.68 Å². The Morgan fingerprint density at radius 2 is 2.30 bits per heavy atom. The number of hydrogen-bond acceptors (Lipinski definition) is 5. The van der Waals surface area contributed by atoms with Gasteiger partial charge in [-0.05, 0) is 17.9 Å². The largest absolute Gasteiger partial charge is 0.493 e. The van der Waals surface area contributed by atoms with E-state index in [4.69, 9.17) is 4.74 Å². The molecule has 1 aliphatic heterocycles. The van der Waals surface area contributed by atoms with Crippen molar-refractivity contribution >= 4 is 11.7 Å². The standard InChI is InChI=1S/C15H16N4O4/c1-10-8-14(19(21)22)17-18(10)9-15(20)16-12-6-7-23-13-5-3-2-4-11(12)13/h2-5,8,12H,6-7,9H2,1H3,(H,16,20)/t12-/m0/s1. The number of aromatic nitrogens is 2. The Morgan fingerprint density at radius 3 is 3.04 bits per heavy atom. The van der Waals surface area contributed by atoms with E-state index in [9.17, 15) is 14.9 Å². The maximum Gasteiger partial charge on any atom is 0.390 e. The van der Waals surface area contributed by atoms with Crippen LogP contribution in [0.5, 0.6) is 5.75 Å². The highest BCUT2D eigenvalue weighted by molar-refractivity contribution is 5.76. The lowest BCUT2D eigenvalue weighted by Crippen LogP contribution is -2.34. The third-order valence-electron chi connectivity index (χ3n) is 3.74. The summed E-state index contributed by atoms with van der Waals surface area (Å²) >= 11 is 0. The molecule has 0 saturated carbocycles. The minimum absolute atomic E-state index is 0.0564. The first-order valence-electron chi connectivity index (χ1n) is 7.24. The minimum Gasteiger partial charge on any atom is -0.493 e. The van der Waals surface area contributed by atoms with Crippen molar-refractivity contribution in [1.82, 2.24) is 15.1 Å². The Morgan fingerprint density at radius 1 is 1.52 bits per heavy atom. The molecule has 0 unspecified atom stereocenters. The number of ether oxygens (including phenoxy) is 1. The molecule has 1 N–H and O–H groups in total. The zero-order valence-electron chi connectivity index (χ0n) is 12.6. The van der Waals surface area contributed by atoms with Gasteiger partial charge in [0.05, 0.1) is 29.5 Å². The monoisotopic (exact) mass is 316 g/mol. The lowest BCUT2D eigenvalue weighted by atomic mass is 10.0. The van der Waals surface area contributed by atoms with Crippen LogP contribution in [0.25, 0.3) is 0 Å². The van der Waals surface area contributed by atoms with E-state index in [-0.39, 0.29) is 24.3 Å². The molecule has 1 aromatic carbocycles. The van der Waals surface area contributed by atoms with E-state index in [0.717, 1.165) is 11.3 Å². The molecule has 2 aromatic rings. The zero-order valence-corrected chi connectivity index (χ0v) is 12.6. The van der Waals surface area contributed by atoms with Crippen LogP contribution in [0.4, 0.5) is 5.82 Å². The summed E-state index contributed by atoms with van der Waals surface area (Å²) in [4.78, 5) is 22.4. The Bertz CT molecular complexity index is 756.